The van der Waals surface area contributed by atoms with E-state index in [0.717, 1.165) is 10.8 Å². The van der Waals surface area contributed by atoms with Crippen molar-refractivity contribution in [2.45, 2.75) is 9.79 Å². The highest BCUT2D eigenvalue weighted by Gasteiger charge is 2.24. The second-order valence-corrected chi connectivity index (χ2v) is 11.3. The third-order valence-electron chi connectivity index (χ3n) is 6.32. The predicted octanol–water partition coefficient (Wildman–Crippen LogP) is 6.35. The minimum Gasteiger partial charge on any atom is -0.478 e. The van der Waals surface area contributed by atoms with Crippen LogP contribution in [0.2, 0.25) is 5.02 Å². The van der Waals surface area contributed by atoms with Gasteiger partial charge in [-0.1, -0.05) is 48.0 Å². The molecule has 0 atom stereocenters. The van der Waals surface area contributed by atoms with Gasteiger partial charge in [0.2, 0.25) is 9.84 Å². The van der Waals surface area contributed by atoms with Gasteiger partial charge in [-0.3, -0.25) is 5.41 Å². The standard InChI is InChI=1S/C30H22ClN3O5S/c31-20-3-1-4-22(15-20)40(37,38)23-11-12-27(25(16-23)24-5-2-6-26(32)28(24)30(35)36)39-21-10-9-17-13-19(29(33)34)8-7-18(17)14-21/h1-16H,32H2,(H3,33,34)(H,35,36). The summed E-state index contributed by atoms with van der Waals surface area (Å²) in [5.74, 6) is -0.668. The normalized spacial score (nSPS) is 11.3. The molecular formula is C30H22ClN3O5S. The number of ether oxygens (including phenoxy) is 1. The van der Waals surface area contributed by atoms with Crippen LogP contribution in [0.15, 0.2) is 107 Å². The van der Waals surface area contributed by atoms with Crippen LogP contribution >= 0.6 is 11.6 Å². The number of nitrogens with two attached hydrogens (primary N) is 2. The predicted molar refractivity (Wildman–Crippen MR) is 155 cm³/mol. The minimum absolute atomic E-state index is 0.00916. The van der Waals surface area contributed by atoms with Crippen LogP contribution in [-0.4, -0.2) is 25.3 Å². The molecule has 0 aliphatic rings. The van der Waals surface area contributed by atoms with Crippen LogP contribution in [0.25, 0.3) is 21.9 Å². The molecule has 10 heteroatoms. The number of hydrogen-bond acceptors (Lipinski definition) is 6. The van der Waals surface area contributed by atoms with E-state index in [-0.39, 0.29) is 48.8 Å². The summed E-state index contributed by atoms with van der Waals surface area (Å²) in [6, 6.07) is 25.3. The van der Waals surface area contributed by atoms with Crippen LogP contribution in [0, 0.1) is 5.41 Å². The zero-order valence-electron chi connectivity index (χ0n) is 20.8. The number of fused-ring (bicyclic) bond motifs is 1. The number of aromatic carboxylic acids is 1. The smallest absolute Gasteiger partial charge is 0.338 e. The molecule has 0 heterocycles. The Kier molecular flexibility index (Phi) is 6.93. The van der Waals surface area contributed by atoms with Gasteiger partial charge in [0.25, 0.3) is 0 Å². The van der Waals surface area contributed by atoms with Gasteiger partial charge in [0, 0.05) is 27.4 Å². The van der Waals surface area contributed by atoms with Crippen molar-refractivity contribution in [1.29, 1.82) is 5.41 Å². The van der Waals surface area contributed by atoms with Gasteiger partial charge < -0.3 is 21.3 Å². The highest BCUT2D eigenvalue weighted by molar-refractivity contribution is 7.91. The van der Waals surface area contributed by atoms with Crippen molar-refractivity contribution < 1.29 is 23.1 Å². The molecular weight excluding hydrogens is 550 g/mol. The Balaban J connectivity index is 1.67. The number of carbonyl (C=O) groups is 1. The maximum absolute atomic E-state index is 13.5. The van der Waals surface area contributed by atoms with Crippen LogP contribution in [0.1, 0.15) is 15.9 Å². The van der Waals surface area contributed by atoms with Gasteiger partial charge in [-0.05, 0) is 71.4 Å². The molecule has 0 saturated heterocycles. The summed E-state index contributed by atoms with van der Waals surface area (Å²) >= 11 is 6.04. The Hall–Kier alpha value is -4.86. The first-order valence-corrected chi connectivity index (χ1v) is 13.7. The van der Waals surface area contributed by atoms with Gasteiger partial charge in [-0.2, -0.15) is 0 Å². The number of benzene rings is 5. The summed E-state index contributed by atoms with van der Waals surface area (Å²) < 4.78 is 33.2. The van der Waals surface area contributed by atoms with Crippen molar-refractivity contribution >= 4 is 49.7 Å². The van der Waals surface area contributed by atoms with E-state index < -0.39 is 15.8 Å². The summed E-state index contributed by atoms with van der Waals surface area (Å²) in [7, 11) is -4.01. The molecule has 0 fully saturated rings. The fourth-order valence-electron chi connectivity index (χ4n) is 4.36. The molecule has 0 saturated carbocycles. The molecule has 0 radical (unpaired) electrons. The van der Waals surface area contributed by atoms with Crippen molar-refractivity contribution in [2.75, 3.05) is 5.73 Å². The van der Waals surface area contributed by atoms with Crippen LogP contribution in [-0.2, 0) is 9.84 Å². The van der Waals surface area contributed by atoms with Crippen molar-refractivity contribution in [2.24, 2.45) is 5.73 Å². The van der Waals surface area contributed by atoms with Crippen LogP contribution in [0.3, 0.4) is 0 Å². The van der Waals surface area contributed by atoms with Crippen molar-refractivity contribution in [1.82, 2.24) is 0 Å². The third-order valence-corrected chi connectivity index (χ3v) is 8.30. The van der Waals surface area contributed by atoms with E-state index in [2.05, 4.69) is 0 Å². The van der Waals surface area contributed by atoms with E-state index in [4.69, 9.17) is 33.2 Å². The number of nitrogens with one attached hydrogen (secondary N) is 1. The monoisotopic (exact) mass is 571 g/mol. The van der Waals surface area contributed by atoms with Crippen molar-refractivity contribution in [3.63, 3.8) is 0 Å². The Bertz CT molecular complexity index is 1940. The number of hydrogen-bond donors (Lipinski definition) is 4. The van der Waals surface area contributed by atoms with Gasteiger partial charge in [-0.25, -0.2) is 13.2 Å². The van der Waals surface area contributed by atoms with Crippen molar-refractivity contribution in [3.8, 4) is 22.6 Å². The summed E-state index contributed by atoms with van der Waals surface area (Å²) in [6.45, 7) is 0. The first-order valence-electron chi connectivity index (χ1n) is 11.9. The number of sulfone groups is 1. The van der Waals surface area contributed by atoms with Gasteiger partial charge in [0.05, 0.1) is 15.4 Å². The number of nitrogen functional groups attached to an aromatic ring is 2. The van der Waals surface area contributed by atoms with Crippen molar-refractivity contribution in [3.05, 3.63) is 113 Å². The Morgan fingerprint density at radius 3 is 2.25 bits per heavy atom. The fraction of sp³-hybridized carbons (Fsp3) is 0. The molecule has 8 nitrogen and oxygen atoms in total. The molecule has 0 amide bonds. The molecule has 0 aromatic heterocycles. The van der Waals surface area contributed by atoms with Crippen LogP contribution < -0.4 is 16.2 Å². The lowest BCUT2D eigenvalue weighted by atomic mass is 9.97. The van der Waals surface area contributed by atoms with Gasteiger partial charge >= 0.3 is 5.97 Å². The highest BCUT2D eigenvalue weighted by atomic mass is 35.5. The Morgan fingerprint density at radius 1 is 0.825 bits per heavy atom. The van der Waals surface area contributed by atoms with Gasteiger partial charge in [0.15, 0.2) is 0 Å². The Morgan fingerprint density at radius 2 is 1.52 bits per heavy atom. The average molecular weight is 572 g/mol. The molecule has 0 spiro atoms. The topological polar surface area (TPSA) is 157 Å². The molecule has 6 N–H and O–H groups in total. The third kappa shape index (κ3) is 5.07. The summed E-state index contributed by atoms with van der Waals surface area (Å²) in [5.41, 5.74) is 12.4. The largest absolute Gasteiger partial charge is 0.478 e. The molecule has 0 bridgehead atoms. The molecule has 5 rings (SSSR count). The second-order valence-electron chi connectivity index (χ2n) is 8.93. The zero-order valence-corrected chi connectivity index (χ0v) is 22.3. The minimum atomic E-state index is -4.01. The van der Waals surface area contributed by atoms with E-state index >= 15 is 0 Å². The summed E-state index contributed by atoms with van der Waals surface area (Å²) in [5, 5.41) is 19.5. The average Bonchev–Trinajstić information content (AvgIpc) is 2.92. The molecule has 0 aliphatic carbocycles. The van der Waals surface area contributed by atoms with E-state index in [1.165, 1.54) is 42.5 Å². The molecule has 0 unspecified atom stereocenters. The zero-order chi connectivity index (χ0) is 28.6. The fourth-order valence-corrected chi connectivity index (χ4v) is 5.95. The van der Waals surface area contributed by atoms with E-state index in [0.29, 0.717) is 11.3 Å². The first-order chi connectivity index (χ1) is 19.0. The van der Waals surface area contributed by atoms with Gasteiger partial charge in [0.1, 0.15) is 17.3 Å². The van der Waals surface area contributed by atoms with E-state index in [9.17, 15) is 18.3 Å². The lowest BCUT2D eigenvalue weighted by Crippen LogP contribution is -2.10. The number of halogens is 1. The highest BCUT2D eigenvalue weighted by Crippen LogP contribution is 2.40. The lowest BCUT2D eigenvalue weighted by molar-refractivity contribution is 0.0699. The second kappa shape index (κ2) is 10.4. The summed E-state index contributed by atoms with van der Waals surface area (Å²) in [4.78, 5) is 12.1. The summed E-state index contributed by atoms with van der Waals surface area (Å²) in [6.07, 6.45) is 0. The number of amidine groups is 1. The van der Waals surface area contributed by atoms with E-state index in [1.54, 1.807) is 54.6 Å². The van der Waals surface area contributed by atoms with Crippen LogP contribution in [0.5, 0.6) is 11.5 Å². The van der Waals surface area contributed by atoms with E-state index in [1.807, 2.05) is 0 Å². The number of anilines is 1. The molecule has 5 aromatic rings. The maximum Gasteiger partial charge on any atom is 0.338 e. The SMILES string of the molecule is N=C(N)c1ccc2cc(Oc3ccc(S(=O)(=O)c4cccc(Cl)c4)cc3-c3cccc(N)c3C(=O)O)ccc2c1. The van der Waals surface area contributed by atoms with Crippen LogP contribution in [0.4, 0.5) is 5.69 Å². The molecule has 0 aliphatic heterocycles. The lowest BCUT2D eigenvalue weighted by Gasteiger charge is -2.16. The first kappa shape index (κ1) is 26.7. The number of rotatable bonds is 7. The number of carboxylic acid groups (broad SMARTS) is 1. The molecule has 200 valence electrons. The Labute approximate surface area is 234 Å². The number of carboxylic acids is 1. The maximum atomic E-state index is 13.5. The molecule has 5 aromatic carbocycles. The van der Waals surface area contributed by atoms with Gasteiger partial charge in [-0.15, -0.1) is 0 Å². The quantitative estimate of drug-likeness (QED) is 0.101. The molecule has 40 heavy (non-hydrogen) atoms.